The minimum Gasteiger partial charge on any atom is -0.475 e. The van der Waals surface area contributed by atoms with Crippen LogP contribution in [-0.2, 0) is 19.6 Å². The Morgan fingerprint density at radius 2 is 1.75 bits per heavy atom. The van der Waals surface area contributed by atoms with E-state index in [-0.39, 0.29) is 16.2 Å². The molecule has 0 bridgehead atoms. The Balaban J connectivity index is 0.000000559. The van der Waals surface area contributed by atoms with E-state index in [2.05, 4.69) is 25.0 Å². The maximum absolute atomic E-state index is 13.3. The molecule has 0 radical (unpaired) electrons. The van der Waals surface area contributed by atoms with Crippen LogP contribution in [0.3, 0.4) is 0 Å². The third-order valence-electron chi connectivity index (χ3n) is 5.61. The second kappa shape index (κ2) is 13.3. The topological polar surface area (TPSA) is 168 Å². The number of alkyl halides is 3. The second-order valence-electron chi connectivity index (χ2n) is 8.71. The molecule has 0 saturated heterocycles. The van der Waals surface area contributed by atoms with E-state index in [1.807, 2.05) is 30.3 Å². The normalized spacial score (nSPS) is 12.5. The van der Waals surface area contributed by atoms with Crippen LogP contribution >= 0.6 is 0 Å². The summed E-state index contributed by atoms with van der Waals surface area (Å²) in [6, 6.07) is 13.8. The van der Waals surface area contributed by atoms with Crippen LogP contribution in [-0.4, -0.2) is 51.7 Å². The van der Waals surface area contributed by atoms with Crippen molar-refractivity contribution in [2.75, 3.05) is 0 Å². The Labute approximate surface area is 226 Å². The number of fused-ring (bicyclic) bond motifs is 1. The van der Waals surface area contributed by atoms with Crippen molar-refractivity contribution in [2.24, 2.45) is 0 Å². The summed E-state index contributed by atoms with van der Waals surface area (Å²) in [5.41, 5.74) is 2.30. The lowest BCUT2D eigenvalue weighted by molar-refractivity contribution is -0.192. The van der Waals surface area contributed by atoms with Crippen LogP contribution in [0, 0.1) is 0 Å². The predicted octanol–water partition coefficient (Wildman–Crippen LogP) is 4.81. The van der Waals surface area contributed by atoms with Crippen molar-refractivity contribution in [3.63, 3.8) is 0 Å². The number of rotatable bonds is 11. The molecule has 0 saturated carbocycles. The van der Waals surface area contributed by atoms with Crippen LogP contribution in [0.1, 0.15) is 50.9 Å². The van der Waals surface area contributed by atoms with Crippen molar-refractivity contribution in [3.05, 3.63) is 60.6 Å². The van der Waals surface area contributed by atoms with E-state index < -0.39 is 28.2 Å². The van der Waals surface area contributed by atoms with E-state index in [1.54, 1.807) is 25.3 Å². The number of nitrogens with zero attached hydrogens (tertiary/aromatic N) is 3. The number of carbonyl (C=O) groups excluding carboxylic acids is 1. The fourth-order valence-electron chi connectivity index (χ4n) is 3.68. The van der Waals surface area contributed by atoms with Gasteiger partial charge in [-0.3, -0.25) is 0 Å². The molecule has 2 aromatic heterocycles. The van der Waals surface area contributed by atoms with E-state index in [4.69, 9.17) is 14.5 Å². The minimum atomic E-state index is -5.08. The number of Topliss-reactive ketones (excluding diaryl/α,β-unsaturated/α-hetero) is 1. The number of H-pyrrole nitrogens is 1. The van der Waals surface area contributed by atoms with Gasteiger partial charge >= 0.3 is 12.1 Å². The minimum absolute atomic E-state index is 0.00216. The molecule has 0 unspecified atom stereocenters. The van der Waals surface area contributed by atoms with Gasteiger partial charge in [0.15, 0.2) is 5.52 Å². The summed E-state index contributed by atoms with van der Waals surface area (Å²) in [5, 5.41) is 14.6. The molecule has 2 aromatic carbocycles. The number of unbranched alkanes of at least 4 members (excludes halogenated alkanes) is 2. The van der Waals surface area contributed by atoms with E-state index in [0.717, 1.165) is 30.5 Å². The maximum atomic E-state index is 13.3. The van der Waals surface area contributed by atoms with Crippen molar-refractivity contribution < 1.29 is 40.9 Å². The van der Waals surface area contributed by atoms with Gasteiger partial charge < -0.3 is 14.9 Å². The van der Waals surface area contributed by atoms with E-state index in [9.17, 15) is 26.4 Å². The highest BCUT2D eigenvalue weighted by Crippen LogP contribution is 2.26. The molecule has 0 aliphatic rings. The monoisotopic (exact) mass is 581 g/mol. The van der Waals surface area contributed by atoms with E-state index >= 15 is 0 Å². The third-order valence-corrected chi connectivity index (χ3v) is 7.11. The van der Waals surface area contributed by atoms with Crippen molar-refractivity contribution in [3.8, 4) is 11.3 Å². The molecule has 0 aliphatic carbocycles. The van der Waals surface area contributed by atoms with Gasteiger partial charge in [-0.25, -0.2) is 27.5 Å². The zero-order valence-electron chi connectivity index (χ0n) is 21.2. The SMILES string of the molecule is CC(=O)CCCCC[C@H](NS(=O)(=O)c1cccc2nonc12)c1ncc(-c2ccccc2)[nH]1.O=C(O)C(F)(F)F. The summed E-state index contributed by atoms with van der Waals surface area (Å²) in [4.78, 5) is 27.8. The molecule has 11 nitrogen and oxygen atoms in total. The number of hydrogen-bond acceptors (Lipinski definition) is 8. The molecule has 1 atom stereocenters. The molecule has 3 N–H and O–H groups in total. The van der Waals surface area contributed by atoms with Crippen molar-refractivity contribution >= 4 is 32.8 Å². The molecule has 0 fully saturated rings. The largest absolute Gasteiger partial charge is 0.490 e. The quantitative estimate of drug-likeness (QED) is 0.211. The lowest BCUT2D eigenvalue weighted by atomic mass is 10.1. The van der Waals surface area contributed by atoms with E-state index in [0.29, 0.717) is 24.2 Å². The first-order valence-corrected chi connectivity index (χ1v) is 13.5. The number of aromatic nitrogens is 4. The number of hydrogen-bond donors (Lipinski definition) is 3. The van der Waals surface area contributed by atoms with Gasteiger partial charge in [-0.1, -0.05) is 49.2 Å². The predicted molar refractivity (Wildman–Crippen MR) is 136 cm³/mol. The average molecular weight is 582 g/mol. The van der Waals surface area contributed by atoms with Crippen molar-refractivity contribution in [1.29, 1.82) is 0 Å². The van der Waals surface area contributed by atoms with Crippen LogP contribution in [0.2, 0.25) is 0 Å². The number of carbonyl (C=O) groups is 2. The summed E-state index contributed by atoms with van der Waals surface area (Å²) in [6.07, 6.45) is -0.0249. The summed E-state index contributed by atoms with van der Waals surface area (Å²) in [7, 11) is -3.94. The molecular formula is C25H26F3N5O6S. The van der Waals surface area contributed by atoms with Crippen molar-refractivity contribution in [2.45, 2.75) is 56.1 Å². The highest BCUT2D eigenvalue weighted by molar-refractivity contribution is 7.89. The Kier molecular flexibility index (Phi) is 10.1. The number of imidazole rings is 1. The summed E-state index contributed by atoms with van der Waals surface area (Å²) >= 11 is 0. The average Bonchev–Trinajstić information content (AvgIpc) is 3.58. The Hall–Kier alpha value is -4.11. The van der Waals surface area contributed by atoms with Gasteiger partial charge in [0.05, 0.1) is 17.9 Å². The van der Waals surface area contributed by atoms with Gasteiger partial charge in [-0.2, -0.15) is 13.2 Å². The van der Waals surface area contributed by atoms with Gasteiger partial charge in [-0.15, -0.1) is 0 Å². The molecule has 15 heteroatoms. The van der Waals surface area contributed by atoms with E-state index in [1.165, 1.54) is 6.07 Å². The number of carboxylic acid groups (broad SMARTS) is 1. The molecular weight excluding hydrogens is 555 g/mol. The summed E-state index contributed by atoms with van der Waals surface area (Å²) in [5.74, 6) is -2.08. The molecule has 0 amide bonds. The first-order valence-electron chi connectivity index (χ1n) is 12.0. The Morgan fingerprint density at radius 3 is 2.40 bits per heavy atom. The van der Waals surface area contributed by atoms with Crippen LogP contribution in [0.5, 0.6) is 0 Å². The molecule has 2 heterocycles. The highest BCUT2D eigenvalue weighted by atomic mass is 32.2. The van der Waals surface area contributed by atoms with Crippen LogP contribution in [0.4, 0.5) is 13.2 Å². The van der Waals surface area contributed by atoms with Gasteiger partial charge in [0.1, 0.15) is 22.0 Å². The zero-order chi connectivity index (χ0) is 29.3. The molecule has 0 aliphatic heterocycles. The number of aliphatic carboxylic acids is 1. The second-order valence-corrected chi connectivity index (χ2v) is 10.4. The number of nitrogens with one attached hydrogen (secondary N) is 2. The van der Waals surface area contributed by atoms with Crippen LogP contribution < -0.4 is 4.72 Å². The van der Waals surface area contributed by atoms with Crippen LogP contribution in [0.25, 0.3) is 22.3 Å². The van der Waals surface area contributed by atoms with Gasteiger partial charge in [0.25, 0.3) is 0 Å². The fraction of sp³-hybridized carbons (Fsp3) is 0.320. The summed E-state index contributed by atoms with van der Waals surface area (Å²) < 4.78 is 65.8. The first kappa shape index (κ1) is 30.4. The molecule has 4 aromatic rings. The number of aromatic amines is 1. The molecule has 214 valence electrons. The van der Waals surface area contributed by atoms with Crippen molar-refractivity contribution in [1.82, 2.24) is 25.0 Å². The van der Waals surface area contributed by atoms with Crippen LogP contribution in [0.15, 0.2) is 64.3 Å². The van der Waals surface area contributed by atoms with Gasteiger partial charge in [0, 0.05) is 6.42 Å². The number of halogens is 3. The molecule has 4 rings (SSSR count). The fourth-order valence-corrected chi connectivity index (χ4v) is 5.06. The number of benzene rings is 2. The number of carboxylic acids is 1. The number of ketones is 1. The Morgan fingerprint density at radius 1 is 1.05 bits per heavy atom. The van der Waals surface area contributed by atoms with Gasteiger partial charge in [0.2, 0.25) is 10.0 Å². The number of sulfonamides is 1. The first-order chi connectivity index (χ1) is 18.9. The zero-order valence-corrected chi connectivity index (χ0v) is 22.0. The maximum Gasteiger partial charge on any atom is 0.490 e. The Bertz CT molecular complexity index is 1540. The van der Waals surface area contributed by atoms with Gasteiger partial charge in [-0.05, 0) is 47.8 Å². The highest BCUT2D eigenvalue weighted by Gasteiger charge is 2.38. The standard InChI is InChI=1S/C23H25N5O4S.C2HF3O2/c1-16(29)9-4-2-7-12-19(23-24-15-20(25-23)17-10-5-3-6-11-17)28-33(30,31)21-14-8-13-18-22(21)27-32-26-18;3-2(4,5)1(6)7/h3,5-6,8,10-11,13-15,19,28H,2,4,7,9,12H2,1H3,(H,24,25);(H,6,7)/t19-;/m0./s1. The smallest absolute Gasteiger partial charge is 0.475 e. The lowest BCUT2D eigenvalue weighted by Crippen LogP contribution is -2.29. The third kappa shape index (κ3) is 8.44. The summed E-state index contributed by atoms with van der Waals surface area (Å²) in [6.45, 7) is 1.57. The molecule has 40 heavy (non-hydrogen) atoms. The lowest BCUT2D eigenvalue weighted by Gasteiger charge is -2.17. The molecule has 0 spiro atoms.